The lowest BCUT2D eigenvalue weighted by atomic mass is 9.82. The van der Waals surface area contributed by atoms with Crippen molar-refractivity contribution in [1.82, 2.24) is 0 Å². The van der Waals surface area contributed by atoms with E-state index in [1.54, 1.807) is 68.8 Å². The molecule has 0 spiro atoms. The largest absolute Gasteiger partial charge is 0.497 e. The fourth-order valence-corrected chi connectivity index (χ4v) is 2.55. The molecule has 2 aromatic rings. The summed E-state index contributed by atoms with van der Waals surface area (Å²) in [5, 5.41) is 21.8. The van der Waals surface area contributed by atoms with Crippen molar-refractivity contribution >= 4 is 0 Å². The highest BCUT2D eigenvalue weighted by Gasteiger charge is 2.37. The van der Waals surface area contributed by atoms with Gasteiger partial charge < -0.3 is 19.7 Å². The number of ether oxygens (including phenoxy) is 2. The minimum atomic E-state index is -1.47. The molecule has 2 rings (SSSR count). The predicted octanol–water partition coefficient (Wildman–Crippen LogP) is 3.20. The molecular formula is C19H22O4. The Morgan fingerprint density at radius 3 is 1.91 bits per heavy atom. The van der Waals surface area contributed by atoms with Crippen LogP contribution in [-0.4, -0.2) is 24.4 Å². The van der Waals surface area contributed by atoms with E-state index in [0.29, 0.717) is 22.6 Å². The van der Waals surface area contributed by atoms with Crippen molar-refractivity contribution in [3.05, 3.63) is 72.3 Å². The number of hydrogen-bond acceptors (Lipinski definition) is 4. The fourth-order valence-electron chi connectivity index (χ4n) is 2.55. The van der Waals surface area contributed by atoms with Gasteiger partial charge in [0.25, 0.3) is 0 Å². The molecule has 122 valence electrons. The van der Waals surface area contributed by atoms with E-state index >= 15 is 0 Å². The maximum atomic E-state index is 11.1. The second-order valence-corrected chi connectivity index (χ2v) is 5.32. The first kappa shape index (κ1) is 17.1. The van der Waals surface area contributed by atoms with Crippen LogP contribution < -0.4 is 9.47 Å². The van der Waals surface area contributed by atoms with Crippen molar-refractivity contribution < 1.29 is 19.7 Å². The van der Waals surface area contributed by atoms with Crippen molar-refractivity contribution in [3.63, 3.8) is 0 Å². The summed E-state index contributed by atoms with van der Waals surface area (Å²) in [5.74, 6) is 1.38. The van der Waals surface area contributed by atoms with E-state index in [1.165, 1.54) is 0 Å². The van der Waals surface area contributed by atoms with Gasteiger partial charge in [0.2, 0.25) is 0 Å². The van der Waals surface area contributed by atoms with Gasteiger partial charge in [0.15, 0.2) is 0 Å². The lowest BCUT2D eigenvalue weighted by molar-refractivity contribution is -0.0811. The Hall–Kier alpha value is -2.30. The Morgan fingerprint density at radius 2 is 1.48 bits per heavy atom. The topological polar surface area (TPSA) is 58.9 Å². The molecule has 2 N–H and O–H groups in total. The zero-order chi connectivity index (χ0) is 16.9. The number of aliphatic hydroxyl groups is 2. The van der Waals surface area contributed by atoms with Crippen LogP contribution in [0.25, 0.3) is 0 Å². The van der Waals surface area contributed by atoms with Crippen LogP contribution >= 0.6 is 0 Å². The molecule has 2 aromatic carbocycles. The van der Waals surface area contributed by atoms with E-state index in [9.17, 15) is 10.2 Å². The first-order valence-electron chi connectivity index (χ1n) is 7.35. The average Bonchev–Trinajstić information content (AvgIpc) is 2.61. The highest BCUT2D eigenvalue weighted by atomic mass is 16.5. The first-order valence-corrected chi connectivity index (χ1v) is 7.35. The number of hydrogen-bond donors (Lipinski definition) is 2. The van der Waals surface area contributed by atoms with Gasteiger partial charge in [-0.15, -0.1) is 6.58 Å². The third-order valence-corrected chi connectivity index (χ3v) is 3.93. The molecule has 0 heterocycles. The minimum Gasteiger partial charge on any atom is -0.497 e. The summed E-state index contributed by atoms with van der Waals surface area (Å²) < 4.78 is 10.3. The fraction of sp³-hybridized carbons (Fsp3) is 0.263. The minimum absolute atomic E-state index is 0.215. The average molecular weight is 314 g/mol. The van der Waals surface area contributed by atoms with Crippen molar-refractivity contribution in [2.45, 2.75) is 18.1 Å². The molecule has 0 saturated carbocycles. The van der Waals surface area contributed by atoms with Gasteiger partial charge in [-0.25, -0.2) is 0 Å². The maximum absolute atomic E-state index is 11.1. The lowest BCUT2D eigenvalue weighted by Crippen LogP contribution is -2.33. The van der Waals surface area contributed by atoms with Crippen molar-refractivity contribution in [3.8, 4) is 11.5 Å². The highest BCUT2D eigenvalue weighted by molar-refractivity contribution is 5.36. The van der Waals surface area contributed by atoms with E-state index in [1.807, 2.05) is 0 Å². The van der Waals surface area contributed by atoms with E-state index in [2.05, 4.69) is 6.58 Å². The molecule has 23 heavy (non-hydrogen) atoms. The zero-order valence-corrected chi connectivity index (χ0v) is 13.4. The number of aliphatic hydroxyl groups excluding tert-OH is 1. The van der Waals surface area contributed by atoms with Gasteiger partial charge in [-0.2, -0.15) is 0 Å². The van der Waals surface area contributed by atoms with Gasteiger partial charge >= 0.3 is 0 Å². The predicted molar refractivity (Wildman–Crippen MR) is 89.7 cm³/mol. The quantitative estimate of drug-likeness (QED) is 0.771. The summed E-state index contributed by atoms with van der Waals surface area (Å²) >= 11 is 0. The van der Waals surface area contributed by atoms with Gasteiger partial charge in [-0.3, -0.25) is 0 Å². The van der Waals surface area contributed by atoms with Crippen LogP contribution in [0.15, 0.2) is 61.2 Å². The molecule has 0 radical (unpaired) electrons. The Balaban J connectivity index is 2.38. The summed E-state index contributed by atoms with van der Waals surface area (Å²) in [6.07, 6.45) is 0.712. The van der Waals surface area contributed by atoms with Gasteiger partial charge in [0, 0.05) is 6.42 Å². The van der Waals surface area contributed by atoms with Crippen molar-refractivity contribution in [1.29, 1.82) is 0 Å². The second-order valence-electron chi connectivity index (χ2n) is 5.32. The third-order valence-electron chi connectivity index (χ3n) is 3.93. The van der Waals surface area contributed by atoms with Crippen LogP contribution in [0.3, 0.4) is 0 Å². The standard InChI is InChI=1S/C19H22O4/c1-4-13-19(21,15-7-11-17(23-3)12-8-15)18(20)14-5-9-16(22-2)10-6-14/h4-12,18,20-21H,1,13H2,2-3H3. The van der Waals surface area contributed by atoms with E-state index in [4.69, 9.17) is 9.47 Å². The summed E-state index contributed by atoms with van der Waals surface area (Å²) in [6.45, 7) is 3.69. The highest BCUT2D eigenvalue weighted by Crippen LogP contribution is 2.39. The van der Waals surface area contributed by atoms with Gasteiger partial charge in [-0.1, -0.05) is 30.3 Å². The molecule has 0 aliphatic carbocycles. The molecule has 2 atom stereocenters. The van der Waals surface area contributed by atoms with Crippen LogP contribution in [0.1, 0.15) is 23.7 Å². The zero-order valence-electron chi connectivity index (χ0n) is 13.4. The summed E-state index contributed by atoms with van der Waals surface area (Å²) in [6, 6.07) is 14.0. The summed E-state index contributed by atoms with van der Waals surface area (Å²) in [7, 11) is 3.16. The van der Waals surface area contributed by atoms with E-state index in [-0.39, 0.29) is 6.42 Å². The Morgan fingerprint density at radius 1 is 1.00 bits per heavy atom. The Kier molecular flexibility index (Phi) is 5.42. The van der Waals surface area contributed by atoms with Gasteiger partial charge in [0.1, 0.15) is 23.2 Å². The molecule has 0 aliphatic rings. The second kappa shape index (κ2) is 7.31. The third kappa shape index (κ3) is 3.55. The van der Waals surface area contributed by atoms with E-state index in [0.717, 1.165) is 0 Å². The summed E-state index contributed by atoms with van der Waals surface area (Å²) in [4.78, 5) is 0. The van der Waals surface area contributed by atoms with E-state index < -0.39 is 11.7 Å². The molecule has 4 nitrogen and oxygen atoms in total. The number of rotatable bonds is 7. The van der Waals surface area contributed by atoms with Crippen LogP contribution in [0.4, 0.5) is 0 Å². The van der Waals surface area contributed by atoms with Crippen LogP contribution in [-0.2, 0) is 5.60 Å². The van der Waals surface area contributed by atoms with Crippen molar-refractivity contribution in [2.75, 3.05) is 14.2 Å². The Labute approximate surface area is 136 Å². The van der Waals surface area contributed by atoms with Crippen LogP contribution in [0.2, 0.25) is 0 Å². The molecule has 0 bridgehead atoms. The molecule has 2 unspecified atom stereocenters. The molecule has 0 aliphatic heterocycles. The Bertz CT molecular complexity index is 633. The SMILES string of the molecule is C=CCC(O)(c1ccc(OC)cc1)C(O)c1ccc(OC)cc1. The molecular weight excluding hydrogens is 292 g/mol. The molecule has 0 aromatic heterocycles. The van der Waals surface area contributed by atoms with Crippen LogP contribution in [0.5, 0.6) is 11.5 Å². The molecule has 4 heteroatoms. The number of methoxy groups -OCH3 is 2. The lowest BCUT2D eigenvalue weighted by Gasteiger charge is -2.33. The maximum Gasteiger partial charge on any atom is 0.123 e. The molecule has 0 fully saturated rings. The molecule has 0 amide bonds. The molecule has 0 saturated heterocycles. The first-order chi connectivity index (χ1) is 11.0. The normalized spacial score (nSPS) is 14.6. The van der Waals surface area contributed by atoms with Crippen molar-refractivity contribution in [2.24, 2.45) is 0 Å². The monoisotopic (exact) mass is 314 g/mol. The van der Waals surface area contributed by atoms with Gasteiger partial charge in [-0.05, 0) is 35.4 Å². The smallest absolute Gasteiger partial charge is 0.123 e. The number of benzene rings is 2. The van der Waals surface area contributed by atoms with Crippen LogP contribution in [0, 0.1) is 0 Å². The summed E-state index contributed by atoms with van der Waals surface area (Å²) in [5.41, 5.74) is -0.268. The van der Waals surface area contributed by atoms with Gasteiger partial charge in [0.05, 0.1) is 14.2 Å².